The first-order valence-corrected chi connectivity index (χ1v) is 11.2. The van der Waals surface area contributed by atoms with Crippen LogP contribution in [-0.2, 0) is 21.4 Å². The van der Waals surface area contributed by atoms with Crippen LogP contribution in [0.3, 0.4) is 0 Å². The molecule has 0 saturated heterocycles. The Labute approximate surface area is 183 Å². The SMILES string of the molecule is Nc1ccccc1S(=O)(=O)N1CC(n2cnc3ncnc(Cl)c32)OCc2ccccc21. The Bertz CT molecular complexity index is 1390. The van der Waals surface area contributed by atoms with Crippen LogP contribution >= 0.6 is 11.6 Å². The van der Waals surface area contributed by atoms with Crippen LogP contribution in [0.15, 0.2) is 66.1 Å². The summed E-state index contributed by atoms with van der Waals surface area (Å²) in [6.45, 7) is 0.173. The van der Waals surface area contributed by atoms with E-state index < -0.39 is 16.3 Å². The fourth-order valence-electron chi connectivity index (χ4n) is 3.64. The predicted octanol–water partition coefficient (Wildman–Crippen LogP) is 2.99. The summed E-state index contributed by atoms with van der Waals surface area (Å²) in [5, 5.41) is 0.203. The number of sulfonamides is 1. The molecule has 0 saturated carbocycles. The van der Waals surface area contributed by atoms with Crippen molar-refractivity contribution in [3.63, 3.8) is 0 Å². The van der Waals surface area contributed by atoms with E-state index in [1.165, 1.54) is 23.0 Å². The number of anilines is 2. The number of halogens is 1. The number of ether oxygens (including phenoxy) is 1. The molecule has 2 aromatic carbocycles. The molecule has 1 aliphatic heterocycles. The number of rotatable bonds is 3. The minimum absolute atomic E-state index is 0.0234. The first-order chi connectivity index (χ1) is 15.0. The third kappa shape index (κ3) is 3.29. The molecule has 0 fully saturated rings. The van der Waals surface area contributed by atoms with Gasteiger partial charge in [0.25, 0.3) is 10.0 Å². The topological polar surface area (TPSA) is 116 Å². The van der Waals surface area contributed by atoms with Crippen LogP contribution in [0.1, 0.15) is 11.8 Å². The van der Waals surface area contributed by atoms with Gasteiger partial charge in [0.2, 0.25) is 0 Å². The number of benzene rings is 2. The molecular formula is C20H17ClN6O3S. The third-order valence-electron chi connectivity index (χ3n) is 5.13. The molecule has 31 heavy (non-hydrogen) atoms. The van der Waals surface area contributed by atoms with E-state index in [0.717, 1.165) is 5.56 Å². The second-order valence-electron chi connectivity index (χ2n) is 6.96. The highest BCUT2D eigenvalue weighted by Gasteiger charge is 2.34. The monoisotopic (exact) mass is 456 g/mol. The highest BCUT2D eigenvalue weighted by molar-refractivity contribution is 7.93. The molecule has 1 aliphatic rings. The van der Waals surface area contributed by atoms with Gasteiger partial charge in [-0.2, -0.15) is 0 Å². The first-order valence-electron chi connectivity index (χ1n) is 9.36. The first kappa shape index (κ1) is 19.7. The number of aromatic nitrogens is 4. The molecule has 0 spiro atoms. The lowest BCUT2D eigenvalue weighted by molar-refractivity contribution is 0.00446. The van der Waals surface area contributed by atoms with E-state index in [-0.39, 0.29) is 28.9 Å². The molecule has 0 aliphatic carbocycles. The number of imidazole rings is 1. The average molecular weight is 457 g/mol. The number of nitrogens with zero attached hydrogens (tertiary/aromatic N) is 5. The van der Waals surface area contributed by atoms with Crippen molar-refractivity contribution in [2.75, 3.05) is 16.6 Å². The van der Waals surface area contributed by atoms with Crippen LogP contribution in [0.4, 0.5) is 11.4 Å². The van der Waals surface area contributed by atoms with Crippen LogP contribution in [0, 0.1) is 0 Å². The van der Waals surface area contributed by atoms with Crippen molar-refractivity contribution >= 4 is 44.2 Å². The van der Waals surface area contributed by atoms with Crippen molar-refractivity contribution in [2.45, 2.75) is 17.7 Å². The van der Waals surface area contributed by atoms with Gasteiger partial charge in [-0.1, -0.05) is 41.9 Å². The van der Waals surface area contributed by atoms with E-state index in [1.54, 1.807) is 34.9 Å². The summed E-state index contributed by atoms with van der Waals surface area (Å²) in [5.41, 5.74) is 8.31. The number of hydrogen-bond donors (Lipinski definition) is 1. The van der Waals surface area contributed by atoms with Gasteiger partial charge in [-0.05, 0) is 18.2 Å². The third-order valence-corrected chi connectivity index (χ3v) is 7.26. The van der Waals surface area contributed by atoms with Crippen LogP contribution in [0.5, 0.6) is 0 Å². The fraction of sp³-hybridized carbons (Fsp3) is 0.150. The molecule has 2 N–H and O–H groups in total. The Morgan fingerprint density at radius 2 is 1.84 bits per heavy atom. The lowest BCUT2D eigenvalue weighted by atomic mass is 10.2. The van der Waals surface area contributed by atoms with Gasteiger partial charge >= 0.3 is 0 Å². The van der Waals surface area contributed by atoms with Gasteiger partial charge in [0, 0.05) is 5.56 Å². The molecule has 1 atom stereocenters. The number of nitrogen functional groups attached to an aromatic ring is 1. The van der Waals surface area contributed by atoms with Gasteiger partial charge in [0.1, 0.15) is 16.7 Å². The normalized spacial score (nSPS) is 16.8. The van der Waals surface area contributed by atoms with Crippen LogP contribution in [0.2, 0.25) is 5.15 Å². The van der Waals surface area contributed by atoms with Crippen molar-refractivity contribution in [3.8, 4) is 0 Å². The Balaban J connectivity index is 1.66. The van der Waals surface area contributed by atoms with Crippen LogP contribution in [0.25, 0.3) is 11.2 Å². The zero-order chi connectivity index (χ0) is 21.6. The Hall–Kier alpha value is -3.21. The molecule has 9 nitrogen and oxygen atoms in total. The van der Waals surface area contributed by atoms with Gasteiger partial charge < -0.3 is 10.5 Å². The van der Waals surface area contributed by atoms with Crippen molar-refractivity contribution < 1.29 is 13.2 Å². The lowest BCUT2D eigenvalue weighted by Crippen LogP contribution is -2.36. The highest BCUT2D eigenvalue weighted by Crippen LogP contribution is 2.35. The van der Waals surface area contributed by atoms with Crippen LogP contribution < -0.4 is 10.0 Å². The molecule has 0 bridgehead atoms. The Morgan fingerprint density at radius 1 is 1.06 bits per heavy atom. The van der Waals surface area contributed by atoms with Gasteiger partial charge in [-0.3, -0.25) is 8.87 Å². The Morgan fingerprint density at radius 3 is 2.68 bits per heavy atom. The highest BCUT2D eigenvalue weighted by atomic mass is 35.5. The smallest absolute Gasteiger partial charge is 0.266 e. The van der Waals surface area contributed by atoms with Crippen molar-refractivity contribution in [1.82, 2.24) is 19.5 Å². The van der Waals surface area contributed by atoms with Gasteiger partial charge in [-0.25, -0.2) is 23.4 Å². The minimum Gasteiger partial charge on any atom is -0.398 e. The zero-order valence-electron chi connectivity index (χ0n) is 16.1. The summed E-state index contributed by atoms with van der Waals surface area (Å²) in [7, 11) is -3.99. The summed E-state index contributed by atoms with van der Waals surface area (Å²) >= 11 is 6.28. The molecule has 11 heteroatoms. The molecule has 158 valence electrons. The second-order valence-corrected chi connectivity index (χ2v) is 9.15. The van der Waals surface area contributed by atoms with Crippen LogP contribution in [-0.4, -0.2) is 34.5 Å². The van der Waals surface area contributed by atoms with Gasteiger partial charge in [-0.15, -0.1) is 0 Å². The molecule has 4 aromatic rings. The molecule has 1 unspecified atom stereocenters. The molecule has 0 radical (unpaired) electrons. The number of fused-ring (bicyclic) bond motifs is 2. The number of para-hydroxylation sites is 2. The van der Waals surface area contributed by atoms with E-state index in [1.807, 2.05) is 12.1 Å². The minimum atomic E-state index is -3.99. The molecule has 2 aromatic heterocycles. The maximum Gasteiger partial charge on any atom is 0.266 e. The van der Waals surface area contributed by atoms with E-state index in [2.05, 4.69) is 15.0 Å². The standard InChI is InChI=1S/C20H17ClN6O3S/c21-19-18-20(24-11-23-19)25-12-26(18)17-9-27(15-7-3-1-5-13(15)10-30-17)31(28,29)16-8-4-2-6-14(16)22/h1-8,11-12,17H,9-10,22H2. The molecule has 0 amide bonds. The van der Waals surface area contributed by atoms with E-state index in [9.17, 15) is 8.42 Å². The predicted molar refractivity (Wildman–Crippen MR) is 116 cm³/mol. The van der Waals surface area contributed by atoms with Crippen molar-refractivity contribution in [1.29, 1.82) is 0 Å². The van der Waals surface area contributed by atoms with E-state index in [4.69, 9.17) is 22.1 Å². The maximum absolute atomic E-state index is 13.7. The number of hydrogen-bond acceptors (Lipinski definition) is 7. The summed E-state index contributed by atoms with van der Waals surface area (Å²) < 4.78 is 36.4. The van der Waals surface area contributed by atoms with E-state index in [0.29, 0.717) is 16.9 Å². The molecular weight excluding hydrogens is 440 g/mol. The van der Waals surface area contributed by atoms with Gasteiger partial charge in [0.05, 0.1) is 30.9 Å². The van der Waals surface area contributed by atoms with E-state index >= 15 is 0 Å². The van der Waals surface area contributed by atoms with Gasteiger partial charge in [0.15, 0.2) is 17.0 Å². The van der Waals surface area contributed by atoms with Crippen molar-refractivity contribution in [2.24, 2.45) is 0 Å². The quantitative estimate of drug-likeness (QED) is 0.372. The molecule has 5 rings (SSSR count). The Kier molecular flexibility index (Phi) is 4.77. The van der Waals surface area contributed by atoms with Crippen molar-refractivity contribution in [3.05, 3.63) is 71.9 Å². The zero-order valence-corrected chi connectivity index (χ0v) is 17.7. The number of nitrogens with two attached hydrogens (primary N) is 1. The summed E-state index contributed by atoms with van der Waals surface area (Å²) in [5.74, 6) is 0. The summed E-state index contributed by atoms with van der Waals surface area (Å²) in [6, 6.07) is 13.6. The summed E-state index contributed by atoms with van der Waals surface area (Å²) in [4.78, 5) is 12.4. The lowest BCUT2D eigenvalue weighted by Gasteiger charge is -2.27. The largest absolute Gasteiger partial charge is 0.398 e. The second kappa shape index (κ2) is 7.49. The summed E-state index contributed by atoms with van der Waals surface area (Å²) in [6.07, 6.45) is 2.12. The fourth-order valence-corrected chi connectivity index (χ4v) is 5.48. The maximum atomic E-state index is 13.7. The average Bonchev–Trinajstić information content (AvgIpc) is 3.10. The molecule has 3 heterocycles.